The summed E-state index contributed by atoms with van der Waals surface area (Å²) in [6, 6.07) is 0. The Kier molecular flexibility index (Phi) is 11.6. The molecule has 0 radical (unpaired) electrons. The minimum atomic E-state index is 0. The molecule has 0 saturated carbocycles. The van der Waals surface area contributed by atoms with Crippen molar-refractivity contribution in [3.8, 4) is 0 Å². The molecule has 1 amide bonds. The molecule has 0 aliphatic carbocycles. The molecule has 0 fully saturated rings. The molecule has 16 heavy (non-hydrogen) atoms. The Bertz CT molecular complexity index is 211. The number of nitrogens with one attached hydrogen (secondary N) is 1. The van der Waals surface area contributed by atoms with Gasteiger partial charge in [0.2, 0.25) is 5.91 Å². The van der Waals surface area contributed by atoms with Crippen molar-refractivity contribution in [2.45, 2.75) is 52.9 Å². The van der Waals surface area contributed by atoms with Gasteiger partial charge in [0.25, 0.3) is 0 Å². The van der Waals surface area contributed by atoms with E-state index in [9.17, 15) is 9.59 Å². The highest BCUT2D eigenvalue weighted by molar-refractivity contribution is 5.80. The summed E-state index contributed by atoms with van der Waals surface area (Å²) in [6.45, 7) is 6.53. The molecule has 0 rings (SSSR count). The van der Waals surface area contributed by atoms with Crippen molar-refractivity contribution in [2.75, 3.05) is 6.54 Å². The predicted octanol–water partition coefficient (Wildman–Crippen LogP) is 2.70. The van der Waals surface area contributed by atoms with Crippen LogP contribution in [-0.2, 0) is 9.59 Å². The first-order valence-corrected chi connectivity index (χ1v) is 5.87. The summed E-state index contributed by atoms with van der Waals surface area (Å²) in [6.07, 6.45) is 3.90. The number of hydrogen-bond acceptors (Lipinski definition) is 2. The van der Waals surface area contributed by atoms with E-state index in [1.807, 2.05) is 20.8 Å². The Labute approximate surface area is 98.8 Å². The summed E-state index contributed by atoms with van der Waals surface area (Å²) in [5.74, 6) is 0.572. The van der Waals surface area contributed by atoms with Crippen molar-refractivity contribution in [3.05, 3.63) is 0 Å². The summed E-state index contributed by atoms with van der Waals surface area (Å²) in [5.41, 5.74) is 0. The van der Waals surface area contributed by atoms with Crippen molar-refractivity contribution in [2.24, 2.45) is 5.92 Å². The highest BCUT2D eigenvalue weighted by Crippen LogP contribution is 2.03. The maximum atomic E-state index is 11.3. The first-order chi connectivity index (χ1) is 7.07. The van der Waals surface area contributed by atoms with Gasteiger partial charge in [-0.25, -0.2) is 0 Å². The smallest absolute Gasteiger partial charge is 0.219 e. The van der Waals surface area contributed by atoms with Gasteiger partial charge in [0.1, 0.15) is 5.78 Å². The van der Waals surface area contributed by atoms with Crippen LogP contribution in [0.25, 0.3) is 0 Å². The molecule has 0 aliphatic heterocycles. The van der Waals surface area contributed by atoms with Crippen molar-refractivity contribution >= 4 is 11.7 Å². The number of rotatable bonds is 8. The SMILES string of the molecule is CCCC(=O)NCCCCC(=O)C(C)C.F.[HH]. The topological polar surface area (TPSA) is 46.2 Å². The van der Waals surface area contributed by atoms with E-state index in [1.165, 1.54) is 0 Å². The Morgan fingerprint density at radius 1 is 1.19 bits per heavy atom. The third kappa shape index (κ3) is 9.62. The molecule has 4 heteroatoms. The highest BCUT2D eigenvalue weighted by atomic mass is 19.0. The largest absolute Gasteiger partial charge is 0.356 e. The molecule has 0 unspecified atom stereocenters. The molecular formula is C12H26FNO2. The van der Waals surface area contributed by atoms with Crippen LogP contribution in [0.1, 0.15) is 54.3 Å². The number of ketones is 1. The van der Waals surface area contributed by atoms with E-state index in [2.05, 4.69) is 5.32 Å². The number of hydrogen-bond donors (Lipinski definition) is 1. The summed E-state index contributed by atoms with van der Waals surface area (Å²) in [7, 11) is 0. The van der Waals surface area contributed by atoms with Gasteiger partial charge in [0, 0.05) is 26.7 Å². The molecule has 0 aliphatic rings. The fraction of sp³-hybridized carbons (Fsp3) is 0.833. The van der Waals surface area contributed by atoms with Gasteiger partial charge in [0.05, 0.1) is 0 Å². The van der Waals surface area contributed by atoms with E-state index in [0.29, 0.717) is 25.2 Å². The monoisotopic (exact) mass is 235 g/mol. The summed E-state index contributed by atoms with van der Waals surface area (Å²) >= 11 is 0. The fourth-order valence-electron chi connectivity index (χ4n) is 1.26. The first kappa shape index (κ1) is 17.5. The van der Waals surface area contributed by atoms with Crippen molar-refractivity contribution in [3.63, 3.8) is 0 Å². The Morgan fingerprint density at radius 3 is 2.31 bits per heavy atom. The van der Waals surface area contributed by atoms with E-state index in [0.717, 1.165) is 19.3 Å². The molecule has 0 aromatic carbocycles. The molecular weight excluding hydrogens is 209 g/mol. The van der Waals surface area contributed by atoms with Crippen LogP contribution >= 0.6 is 0 Å². The first-order valence-electron chi connectivity index (χ1n) is 5.87. The summed E-state index contributed by atoms with van der Waals surface area (Å²) in [5, 5.41) is 2.84. The van der Waals surface area contributed by atoms with Crippen LogP contribution < -0.4 is 5.32 Å². The van der Waals surface area contributed by atoms with Gasteiger partial charge < -0.3 is 5.32 Å². The Hall–Kier alpha value is -0.930. The number of carbonyl (C=O) groups is 2. The Balaban J connectivity index is -0.000000980. The molecule has 0 aromatic rings. The van der Waals surface area contributed by atoms with Crippen LogP contribution in [0.5, 0.6) is 0 Å². The minimum absolute atomic E-state index is 0. The van der Waals surface area contributed by atoms with Crippen LogP contribution in [-0.4, -0.2) is 18.2 Å². The van der Waals surface area contributed by atoms with E-state index in [-0.39, 0.29) is 18.0 Å². The van der Waals surface area contributed by atoms with E-state index in [4.69, 9.17) is 0 Å². The number of halogens is 1. The van der Waals surface area contributed by atoms with Crippen LogP contribution in [0.2, 0.25) is 0 Å². The quantitative estimate of drug-likeness (QED) is 0.657. The third-order valence-electron chi connectivity index (χ3n) is 2.29. The van der Waals surface area contributed by atoms with Crippen LogP contribution in [0, 0.1) is 5.92 Å². The summed E-state index contributed by atoms with van der Waals surface area (Å²) in [4.78, 5) is 22.3. The standard InChI is InChI=1S/C12H23NO2.FH.H2/c1-4-7-12(15)13-9-6-5-8-11(14)10(2)3;;/h10H,4-9H2,1-3H3,(H,13,15);2*1H. The van der Waals surface area contributed by atoms with E-state index in [1.54, 1.807) is 0 Å². The molecule has 0 saturated heterocycles. The van der Waals surface area contributed by atoms with Gasteiger partial charge in [-0.1, -0.05) is 20.8 Å². The molecule has 0 heterocycles. The maximum Gasteiger partial charge on any atom is 0.219 e. The normalized spacial score (nSPS) is 9.75. The molecule has 0 bridgehead atoms. The predicted molar refractivity (Wildman–Crippen MR) is 66.2 cm³/mol. The van der Waals surface area contributed by atoms with Gasteiger partial charge in [0.15, 0.2) is 0 Å². The molecule has 3 nitrogen and oxygen atoms in total. The third-order valence-corrected chi connectivity index (χ3v) is 2.29. The van der Waals surface area contributed by atoms with Crippen LogP contribution in [0.15, 0.2) is 0 Å². The zero-order valence-electron chi connectivity index (χ0n) is 10.5. The minimum Gasteiger partial charge on any atom is -0.356 e. The van der Waals surface area contributed by atoms with Crippen molar-refractivity contribution in [1.29, 1.82) is 0 Å². The number of Topliss-reactive ketones (excluding diaryl/α,β-unsaturated/α-hetero) is 1. The second kappa shape index (κ2) is 10.6. The molecule has 1 N–H and O–H groups in total. The van der Waals surface area contributed by atoms with E-state index >= 15 is 0 Å². The lowest BCUT2D eigenvalue weighted by Crippen LogP contribution is -2.23. The number of carbonyl (C=O) groups excluding carboxylic acids is 2. The highest BCUT2D eigenvalue weighted by Gasteiger charge is 2.06. The number of unbranched alkanes of at least 4 members (excludes halogenated alkanes) is 1. The van der Waals surface area contributed by atoms with Crippen LogP contribution in [0.3, 0.4) is 0 Å². The second-order valence-electron chi connectivity index (χ2n) is 4.18. The lowest BCUT2D eigenvalue weighted by atomic mass is 10.0. The molecule has 98 valence electrons. The van der Waals surface area contributed by atoms with Gasteiger partial charge >= 0.3 is 0 Å². The molecule has 0 atom stereocenters. The van der Waals surface area contributed by atoms with Crippen molar-refractivity contribution < 1.29 is 15.7 Å². The van der Waals surface area contributed by atoms with E-state index < -0.39 is 0 Å². The fourth-order valence-corrected chi connectivity index (χ4v) is 1.26. The lowest BCUT2D eigenvalue weighted by Gasteiger charge is -2.05. The molecule has 0 spiro atoms. The average molecular weight is 235 g/mol. The number of amides is 1. The second-order valence-corrected chi connectivity index (χ2v) is 4.18. The lowest BCUT2D eigenvalue weighted by molar-refractivity contribution is -0.122. The molecule has 0 aromatic heterocycles. The van der Waals surface area contributed by atoms with Gasteiger partial charge in [-0.05, 0) is 19.3 Å². The van der Waals surface area contributed by atoms with Crippen LogP contribution in [0.4, 0.5) is 4.70 Å². The van der Waals surface area contributed by atoms with Gasteiger partial charge in [-0.2, -0.15) is 0 Å². The maximum absolute atomic E-state index is 11.3. The zero-order chi connectivity index (χ0) is 11.7. The zero-order valence-corrected chi connectivity index (χ0v) is 10.5. The Morgan fingerprint density at radius 2 is 1.81 bits per heavy atom. The van der Waals surface area contributed by atoms with Gasteiger partial charge in [-0.3, -0.25) is 14.3 Å². The average Bonchev–Trinajstić information content (AvgIpc) is 2.17. The van der Waals surface area contributed by atoms with Crippen molar-refractivity contribution in [1.82, 2.24) is 5.32 Å². The van der Waals surface area contributed by atoms with Gasteiger partial charge in [-0.15, -0.1) is 0 Å². The summed E-state index contributed by atoms with van der Waals surface area (Å²) < 4.78 is 0.